The molecule has 1 aliphatic carbocycles. The van der Waals surface area contributed by atoms with Crippen LogP contribution < -0.4 is 5.73 Å². The lowest BCUT2D eigenvalue weighted by atomic mass is 9.77. The first kappa shape index (κ1) is 14.8. The normalized spacial score (nSPS) is 40.2. The molecular weight excluding hydrogens is 240 g/mol. The summed E-state index contributed by atoms with van der Waals surface area (Å²) in [4.78, 5) is 14.9. The molecule has 1 saturated carbocycles. The Kier molecular flexibility index (Phi) is 4.85. The number of carbonyl (C=O) groups excluding carboxylic acids is 1. The van der Waals surface area contributed by atoms with Gasteiger partial charge in [-0.15, -0.1) is 0 Å². The summed E-state index contributed by atoms with van der Waals surface area (Å²) >= 11 is 0. The van der Waals surface area contributed by atoms with Crippen molar-refractivity contribution < 1.29 is 9.53 Å². The zero-order chi connectivity index (χ0) is 14.0. The quantitative estimate of drug-likeness (QED) is 0.830. The first-order valence-corrected chi connectivity index (χ1v) is 7.70. The van der Waals surface area contributed by atoms with Crippen LogP contribution in [0.4, 0.5) is 0 Å². The Bertz CT molecular complexity index is 321. The van der Waals surface area contributed by atoms with Crippen molar-refractivity contribution in [3.63, 3.8) is 0 Å². The molecule has 1 saturated heterocycles. The zero-order valence-corrected chi connectivity index (χ0v) is 12.5. The van der Waals surface area contributed by atoms with E-state index in [2.05, 4.69) is 18.7 Å². The van der Waals surface area contributed by atoms with Crippen molar-refractivity contribution in [3.8, 4) is 0 Å². The maximum Gasteiger partial charge on any atom is 0.226 e. The highest BCUT2D eigenvalue weighted by molar-refractivity contribution is 5.79. The molecule has 110 valence electrons. The maximum atomic E-state index is 12.8. The Hall–Kier alpha value is -0.610. The summed E-state index contributed by atoms with van der Waals surface area (Å²) in [5, 5.41) is 0. The third kappa shape index (κ3) is 3.29. The van der Waals surface area contributed by atoms with E-state index in [9.17, 15) is 4.79 Å². The monoisotopic (exact) mass is 268 g/mol. The smallest absolute Gasteiger partial charge is 0.226 e. The number of carbonyl (C=O) groups is 1. The van der Waals surface area contributed by atoms with Crippen LogP contribution in [-0.2, 0) is 9.53 Å². The van der Waals surface area contributed by atoms with Crippen molar-refractivity contribution in [2.24, 2.45) is 17.6 Å². The minimum absolute atomic E-state index is 0.160. The molecule has 1 heterocycles. The van der Waals surface area contributed by atoms with Gasteiger partial charge in [0.25, 0.3) is 0 Å². The van der Waals surface area contributed by atoms with Gasteiger partial charge >= 0.3 is 0 Å². The fraction of sp³-hybridized carbons (Fsp3) is 0.933. The van der Waals surface area contributed by atoms with Crippen LogP contribution in [0.3, 0.4) is 0 Å². The molecule has 0 radical (unpaired) electrons. The number of morpholine rings is 1. The maximum absolute atomic E-state index is 12.8. The van der Waals surface area contributed by atoms with Crippen LogP contribution in [0.15, 0.2) is 0 Å². The van der Waals surface area contributed by atoms with Gasteiger partial charge < -0.3 is 15.4 Å². The fourth-order valence-corrected chi connectivity index (χ4v) is 3.47. The Morgan fingerprint density at radius 2 is 2.11 bits per heavy atom. The molecule has 0 spiro atoms. The van der Waals surface area contributed by atoms with Crippen LogP contribution in [0, 0.1) is 11.8 Å². The number of nitrogens with zero attached hydrogens (tertiary/aromatic N) is 1. The molecule has 4 heteroatoms. The van der Waals surface area contributed by atoms with E-state index in [4.69, 9.17) is 10.5 Å². The van der Waals surface area contributed by atoms with Crippen LogP contribution >= 0.6 is 0 Å². The molecule has 2 N–H and O–H groups in total. The highest BCUT2D eigenvalue weighted by Crippen LogP contribution is 2.32. The van der Waals surface area contributed by atoms with Gasteiger partial charge in [0.15, 0.2) is 0 Å². The fourth-order valence-electron chi connectivity index (χ4n) is 3.47. The average molecular weight is 268 g/mol. The van der Waals surface area contributed by atoms with E-state index in [-0.39, 0.29) is 24.1 Å². The van der Waals surface area contributed by atoms with Gasteiger partial charge in [0.2, 0.25) is 5.91 Å². The van der Waals surface area contributed by atoms with Crippen molar-refractivity contribution in [3.05, 3.63) is 0 Å². The highest BCUT2D eigenvalue weighted by atomic mass is 16.5. The second kappa shape index (κ2) is 6.23. The summed E-state index contributed by atoms with van der Waals surface area (Å²) in [7, 11) is 0. The predicted molar refractivity (Wildman–Crippen MR) is 75.7 cm³/mol. The predicted octanol–water partition coefficient (Wildman–Crippen LogP) is 1.78. The molecule has 5 unspecified atom stereocenters. The van der Waals surface area contributed by atoms with Crippen molar-refractivity contribution in [1.82, 2.24) is 4.90 Å². The second-order valence-corrected chi connectivity index (χ2v) is 6.35. The van der Waals surface area contributed by atoms with E-state index >= 15 is 0 Å². The lowest BCUT2D eigenvalue weighted by Gasteiger charge is -2.42. The van der Waals surface area contributed by atoms with Crippen molar-refractivity contribution in [2.75, 3.05) is 13.2 Å². The van der Waals surface area contributed by atoms with Gasteiger partial charge in [-0.05, 0) is 38.5 Å². The molecule has 2 aliphatic rings. The number of rotatable bonds is 2. The lowest BCUT2D eigenvalue weighted by Crippen LogP contribution is -2.54. The summed E-state index contributed by atoms with van der Waals surface area (Å²) in [5.41, 5.74) is 6.00. The molecular formula is C15H28N2O2. The minimum Gasteiger partial charge on any atom is -0.375 e. The molecule has 19 heavy (non-hydrogen) atoms. The Morgan fingerprint density at radius 3 is 2.74 bits per heavy atom. The number of hydrogen-bond acceptors (Lipinski definition) is 3. The van der Waals surface area contributed by atoms with Crippen molar-refractivity contribution >= 4 is 5.91 Å². The Balaban J connectivity index is 2.04. The van der Waals surface area contributed by atoms with Crippen molar-refractivity contribution in [2.45, 2.75) is 64.6 Å². The molecule has 0 aromatic heterocycles. The van der Waals surface area contributed by atoms with Crippen LogP contribution in [0.25, 0.3) is 0 Å². The molecule has 1 amide bonds. The van der Waals surface area contributed by atoms with E-state index in [1.54, 1.807) is 0 Å². The van der Waals surface area contributed by atoms with Crippen LogP contribution in [0.5, 0.6) is 0 Å². The molecule has 0 aromatic carbocycles. The number of ether oxygens (including phenoxy) is 1. The van der Waals surface area contributed by atoms with E-state index in [0.29, 0.717) is 18.4 Å². The van der Waals surface area contributed by atoms with Crippen LogP contribution in [0.1, 0.15) is 46.5 Å². The third-order valence-corrected chi connectivity index (χ3v) is 4.75. The van der Waals surface area contributed by atoms with Gasteiger partial charge in [0, 0.05) is 18.5 Å². The Labute approximate surface area is 116 Å². The number of amides is 1. The Morgan fingerprint density at radius 1 is 1.37 bits per heavy atom. The molecule has 2 rings (SSSR count). The standard InChI is InChI=1S/C15H28N2O2/c1-4-13-9-19-11(3)8-17(13)15(18)14-6-5-12(16)7-10(14)2/h10-14H,4-9,16H2,1-3H3. The van der Waals surface area contributed by atoms with Crippen LogP contribution in [-0.4, -0.2) is 42.1 Å². The SMILES string of the molecule is CCC1COC(C)CN1C(=O)C1CCC(N)CC1C. The summed E-state index contributed by atoms with van der Waals surface area (Å²) in [6.07, 6.45) is 4.04. The van der Waals surface area contributed by atoms with Crippen molar-refractivity contribution in [1.29, 1.82) is 0 Å². The van der Waals surface area contributed by atoms with E-state index in [0.717, 1.165) is 32.2 Å². The highest BCUT2D eigenvalue weighted by Gasteiger charge is 2.37. The first-order chi connectivity index (χ1) is 9.02. The molecule has 5 atom stereocenters. The molecule has 4 nitrogen and oxygen atoms in total. The van der Waals surface area contributed by atoms with Gasteiger partial charge in [-0.25, -0.2) is 0 Å². The molecule has 1 aliphatic heterocycles. The van der Waals surface area contributed by atoms with Crippen LogP contribution in [0.2, 0.25) is 0 Å². The summed E-state index contributed by atoms with van der Waals surface area (Å²) in [6.45, 7) is 7.78. The second-order valence-electron chi connectivity index (χ2n) is 6.35. The first-order valence-electron chi connectivity index (χ1n) is 7.70. The average Bonchev–Trinajstić information content (AvgIpc) is 2.38. The third-order valence-electron chi connectivity index (χ3n) is 4.75. The largest absolute Gasteiger partial charge is 0.375 e. The number of hydrogen-bond donors (Lipinski definition) is 1. The van der Waals surface area contributed by atoms with E-state index < -0.39 is 0 Å². The number of nitrogens with two attached hydrogens (primary N) is 1. The van der Waals surface area contributed by atoms with E-state index in [1.165, 1.54) is 0 Å². The lowest BCUT2D eigenvalue weighted by molar-refractivity contribution is -0.151. The van der Waals surface area contributed by atoms with E-state index in [1.807, 2.05) is 6.92 Å². The molecule has 2 fully saturated rings. The summed E-state index contributed by atoms with van der Waals surface area (Å²) in [5.74, 6) is 0.910. The topological polar surface area (TPSA) is 55.6 Å². The van der Waals surface area contributed by atoms with Gasteiger partial charge in [-0.3, -0.25) is 4.79 Å². The van der Waals surface area contributed by atoms with Gasteiger partial charge in [0.05, 0.1) is 18.8 Å². The minimum atomic E-state index is 0.160. The summed E-state index contributed by atoms with van der Waals surface area (Å²) in [6, 6.07) is 0.538. The van der Waals surface area contributed by atoms with Gasteiger partial charge in [0.1, 0.15) is 0 Å². The molecule has 0 aromatic rings. The summed E-state index contributed by atoms with van der Waals surface area (Å²) < 4.78 is 5.68. The zero-order valence-electron chi connectivity index (χ0n) is 12.5. The van der Waals surface area contributed by atoms with Gasteiger partial charge in [-0.1, -0.05) is 13.8 Å². The molecule has 0 bridgehead atoms. The van der Waals surface area contributed by atoms with Gasteiger partial charge in [-0.2, -0.15) is 0 Å².